The van der Waals surface area contributed by atoms with E-state index in [0.717, 1.165) is 11.0 Å². The van der Waals surface area contributed by atoms with Gasteiger partial charge in [-0.15, -0.1) is 0 Å². The molecule has 0 heterocycles. The van der Waals surface area contributed by atoms with E-state index in [1.165, 1.54) is 32.1 Å². The fourth-order valence-electron chi connectivity index (χ4n) is 2.82. The maximum Gasteiger partial charge on any atom is 0.255 e. The van der Waals surface area contributed by atoms with Crippen molar-refractivity contribution in [2.24, 2.45) is 5.41 Å². The zero-order valence-corrected chi connectivity index (χ0v) is 13.8. The van der Waals surface area contributed by atoms with Gasteiger partial charge in [-0.2, -0.15) is 0 Å². The molecule has 1 aromatic carbocycles. The van der Waals surface area contributed by atoms with Crippen LogP contribution in [0.1, 0.15) is 49.4 Å². The van der Waals surface area contributed by atoms with Gasteiger partial charge in [-0.3, -0.25) is 4.79 Å². The van der Waals surface area contributed by atoms with E-state index >= 15 is 0 Å². The number of hydrogen-bond acceptors (Lipinski definition) is 2. The van der Waals surface area contributed by atoms with Crippen LogP contribution < -0.4 is 10.1 Å². The summed E-state index contributed by atoms with van der Waals surface area (Å²) in [6.45, 7) is 3.01. The van der Waals surface area contributed by atoms with E-state index in [1.807, 2.05) is 12.1 Å². The fourth-order valence-corrected chi connectivity index (χ4v) is 3.16. The number of rotatable bonds is 4. The first kappa shape index (κ1) is 15.4. The highest BCUT2D eigenvalue weighted by molar-refractivity contribution is 9.10. The summed E-state index contributed by atoms with van der Waals surface area (Å²) >= 11 is 3.38. The average Bonchev–Trinajstić information content (AvgIpc) is 2.45. The average molecular weight is 340 g/mol. The lowest BCUT2D eigenvalue weighted by Crippen LogP contribution is -2.37. The minimum Gasteiger partial charge on any atom is -0.496 e. The van der Waals surface area contributed by atoms with Crippen LogP contribution in [0.2, 0.25) is 0 Å². The van der Waals surface area contributed by atoms with E-state index in [2.05, 4.69) is 28.2 Å². The van der Waals surface area contributed by atoms with Crippen LogP contribution in [0.25, 0.3) is 0 Å². The predicted molar refractivity (Wildman–Crippen MR) is 84.2 cm³/mol. The van der Waals surface area contributed by atoms with Crippen LogP contribution >= 0.6 is 15.9 Å². The van der Waals surface area contributed by atoms with Crippen molar-refractivity contribution in [3.05, 3.63) is 28.2 Å². The van der Waals surface area contributed by atoms with Crippen molar-refractivity contribution in [3.63, 3.8) is 0 Å². The second-order valence-corrected chi connectivity index (χ2v) is 6.81. The van der Waals surface area contributed by atoms with E-state index in [-0.39, 0.29) is 11.3 Å². The molecule has 0 aliphatic heterocycles. The van der Waals surface area contributed by atoms with Gasteiger partial charge >= 0.3 is 0 Å². The summed E-state index contributed by atoms with van der Waals surface area (Å²) in [4.78, 5) is 12.3. The number of methoxy groups -OCH3 is 1. The molecule has 0 atom stereocenters. The lowest BCUT2D eigenvalue weighted by molar-refractivity contribution is 0.0916. The first-order valence-electron chi connectivity index (χ1n) is 7.16. The number of hydrogen-bond donors (Lipinski definition) is 1. The fraction of sp³-hybridized carbons (Fsp3) is 0.562. The maximum absolute atomic E-state index is 12.3. The first-order valence-corrected chi connectivity index (χ1v) is 7.95. The molecule has 1 fully saturated rings. The highest BCUT2D eigenvalue weighted by Crippen LogP contribution is 2.35. The third-order valence-electron chi connectivity index (χ3n) is 4.14. The lowest BCUT2D eigenvalue weighted by Gasteiger charge is -2.33. The Morgan fingerprint density at radius 1 is 1.35 bits per heavy atom. The Balaban J connectivity index is 2.01. The van der Waals surface area contributed by atoms with Crippen LogP contribution in [-0.2, 0) is 0 Å². The van der Waals surface area contributed by atoms with E-state index in [4.69, 9.17) is 4.74 Å². The van der Waals surface area contributed by atoms with Crippen molar-refractivity contribution in [1.29, 1.82) is 0 Å². The quantitative estimate of drug-likeness (QED) is 0.894. The molecule has 0 bridgehead atoms. The smallest absolute Gasteiger partial charge is 0.255 e. The van der Waals surface area contributed by atoms with E-state index < -0.39 is 0 Å². The molecule has 110 valence electrons. The van der Waals surface area contributed by atoms with Gasteiger partial charge in [0.25, 0.3) is 5.91 Å². The number of halogens is 1. The summed E-state index contributed by atoms with van der Waals surface area (Å²) < 4.78 is 6.18. The van der Waals surface area contributed by atoms with Gasteiger partial charge in [-0.25, -0.2) is 0 Å². The van der Waals surface area contributed by atoms with Crippen LogP contribution in [0, 0.1) is 5.41 Å². The molecule has 1 N–H and O–H groups in total. The van der Waals surface area contributed by atoms with E-state index in [9.17, 15) is 4.79 Å². The number of carbonyl (C=O) groups excluding carboxylic acids is 1. The van der Waals surface area contributed by atoms with E-state index in [0.29, 0.717) is 11.3 Å². The van der Waals surface area contributed by atoms with Gasteiger partial charge < -0.3 is 10.1 Å². The van der Waals surface area contributed by atoms with Crippen molar-refractivity contribution < 1.29 is 9.53 Å². The van der Waals surface area contributed by atoms with Gasteiger partial charge in [0.1, 0.15) is 5.75 Å². The summed E-state index contributed by atoms with van der Waals surface area (Å²) in [6.07, 6.45) is 6.27. The summed E-state index contributed by atoms with van der Waals surface area (Å²) in [6, 6.07) is 5.47. The summed E-state index contributed by atoms with van der Waals surface area (Å²) in [5.41, 5.74) is 0.839. The lowest BCUT2D eigenvalue weighted by atomic mass is 9.76. The molecule has 1 amide bonds. The minimum absolute atomic E-state index is 0.0545. The molecule has 0 saturated heterocycles. The number of nitrogens with one attached hydrogen (secondary N) is 1. The molecule has 1 aromatic rings. The molecule has 2 rings (SSSR count). The number of amides is 1. The highest BCUT2D eigenvalue weighted by Gasteiger charge is 2.27. The largest absolute Gasteiger partial charge is 0.496 e. The van der Waals surface area contributed by atoms with Gasteiger partial charge in [0, 0.05) is 11.0 Å². The van der Waals surface area contributed by atoms with Crippen molar-refractivity contribution in [2.75, 3.05) is 13.7 Å². The minimum atomic E-state index is -0.0545. The molecule has 0 aromatic heterocycles. The number of carbonyl (C=O) groups is 1. The summed E-state index contributed by atoms with van der Waals surface area (Å²) in [5.74, 6) is 0.548. The number of ether oxygens (including phenoxy) is 1. The molecule has 1 aliphatic rings. The van der Waals surface area contributed by atoms with E-state index in [1.54, 1.807) is 13.2 Å². The van der Waals surface area contributed by atoms with Gasteiger partial charge in [-0.05, 0) is 36.5 Å². The van der Waals surface area contributed by atoms with Crippen molar-refractivity contribution >= 4 is 21.8 Å². The molecule has 4 heteroatoms. The van der Waals surface area contributed by atoms with Crippen LogP contribution in [0.5, 0.6) is 5.75 Å². The Morgan fingerprint density at radius 2 is 2.05 bits per heavy atom. The Hall–Kier alpha value is -1.03. The van der Waals surface area contributed by atoms with Crippen molar-refractivity contribution in [2.45, 2.75) is 39.0 Å². The Kier molecular flexibility index (Phi) is 5.08. The van der Waals surface area contributed by atoms with Gasteiger partial charge in [0.15, 0.2) is 0 Å². The zero-order chi connectivity index (χ0) is 14.6. The summed E-state index contributed by atoms with van der Waals surface area (Å²) in [5, 5.41) is 3.07. The van der Waals surface area contributed by atoms with Gasteiger partial charge in [-0.1, -0.05) is 42.1 Å². The van der Waals surface area contributed by atoms with Crippen LogP contribution in [0.3, 0.4) is 0 Å². The maximum atomic E-state index is 12.3. The summed E-state index contributed by atoms with van der Waals surface area (Å²) in [7, 11) is 1.58. The second-order valence-electron chi connectivity index (χ2n) is 5.90. The standard InChI is InChI=1S/C16H22BrNO2/c1-16(8-4-3-5-9-16)11-18-15(19)13-7-6-12(17)10-14(13)20-2/h6-7,10H,3-5,8-9,11H2,1-2H3,(H,18,19). The Morgan fingerprint density at radius 3 is 2.70 bits per heavy atom. The van der Waals surface area contributed by atoms with Crippen molar-refractivity contribution in [3.8, 4) is 5.75 Å². The highest BCUT2D eigenvalue weighted by atomic mass is 79.9. The molecule has 0 radical (unpaired) electrons. The Bertz CT molecular complexity index is 481. The molecule has 1 saturated carbocycles. The predicted octanol–water partition coefficient (Wildman–Crippen LogP) is 4.16. The first-order chi connectivity index (χ1) is 9.54. The normalized spacial score (nSPS) is 17.6. The molecular weight excluding hydrogens is 318 g/mol. The molecular formula is C16H22BrNO2. The molecule has 1 aliphatic carbocycles. The molecule has 3 nitrogen and oxygen atoms in total. The third kappa shape index (κ3) is 3.75. The SMILES string of the molecule is COc1cc(Br)ccc1C(=O)NCC1(C)CCCCC1. The Labute approximate surface area is 129 Å². The van der Waals surface area contributed by atoms with Crippen molar-refractivity contribution in [1.82, 2.24) is 5.32 Å². The topological polar surface area (TPSA) is 38.3 Å². The molecule has 0 unspecified atom stereocenters. The van der Waals surface area contributed by atoms with Crippen LogP contribution in [-0.4, -0.2) is 19.6 Å². The van der Waals surface area contributed by atoms with Crippen LogP contribution in [0.15, 0.2) is 22.7 Å². The van der Waals surface area contributed by atoms with Crippen LogP contribution in [0.4, 0.5) is 0 Å². The zero-order valence-electron chi connectivity index (χ0n) is 12.2. The van der Waals surface area contributed by atoms with Gasteiger partial charge in [0.05, 0.1) is 12.7 Å². The van der Waals surface area contributed by atoms with Gasteiger partial charge in [0.2, 0.25) is 0 Å². The second kappa shape index (κ2) is 6.61. The molecule has 0 spiro atoms. The number of benzene rings is 1. The third-order valence-corrected chi connectivity index (χ3v) is 4.64. The molecule has 20 heavy (non-hydrogen) atoms. The monoisotopic (exact) mass is 339 g/mol.